The Morgan fingerprint density at radius 2 is 2.10 bits per heavy atom. The lowest BCUT2D eigenvalue weighted by molar-refractivity contribution is 0.122. The van der Waals surface area contributed by atoms with E-state index in [1.807, 2.05) is 31.2 Å². The highest BCUT2D eigenvalue weighted by Crippen LogP contribution is 2.25. The van der Waals surface area contributed by atoms with Gasteiger partial charge in [-0.3, -0.25) is 5.43 Å². The van der Waals surface area contributed by atoms with Gasteiger partial charge in [-0.15, -0.1) is 0 Å². The van der Waals surface area contributed by atoms with E-state index in [9.17, 15) is 0 Å². The third-order valence-electron chi connectivity index (χ3n) is 4.84. The monoisotopic (exact) mass is 394 g/mol. The highest BCUT2D eigenvalue weighted by Gasteiger charge is 2.14. The summed E-state index contributed by atoms with van der Waals surface area (Å²) in [6, 6.07) is 12.2. The van der Waals surface area contributed by atoms with Crippen LogP contribution in [0, 0.1) is 6.92 Å². The number of rotatable bonds is 8. The Bertz CT molecular complexity index is 858. The molecule has 0 aliphatic carbocycles. The quantitative estimate of drug-likeness (QED) is 0.408. The fourth-order valence-electron chi connectivity index (χ4n) is 3.01. The summed E-state index contributed by atoms with van der Waals surface area (Å²) in [5.74, 6) is 1.27. The molecule has 1 aliphatic rings. The predicted molar refractivity (Wildman–Crippen MR) is 119 cm³/mol. The molecule has 3 rings (SSSR count). The number of hydrazone groups is 1. The molecule has 1 aliphatic heterocycles. The summed E-state index contributed by atoms with van der Waals surface area (Å²) in [6.45, 7) is 9.98. The Balaban J connectivity index is 1.73. The second-order valence-corrected chi connectivity index (χ2v) is 7.17. The number of allylic oxidation sites excluding steroid dienone is 1. The van der Waals surface area contributed by atoms with Crippen LogP contribution in [0.1, 0.15) is 31.4 Å². The molecule has 2 aromatic rings. The molecular formula is C23H30N4O2. The van der Waals surface area contributed by atoms with Crippen molar-refractivity contribution in [2.24, 2.45) is 5.10 Å². The Morgan fingerprint density at radius 3 is 2.86 bits per heavy atom. The lowest BCUT2D eigenvalue weighted by Gasteiger charge is -2.29. The zero-order chi connectivity index (χ0) is 20.5. The van der Waals surface area contributed by atoms with Crippen LogP contribution in [-0.4, -0.2) is 44.1 Å². The van der Waals surface area contributed by atoms with Gasteiger partial charge >= 0.3 is 0 Å². The fraction of sp³-hybridized carbons (Fsp3) is 0.391. The summed E-state index contributed by atoms with van der Waals surface area (Å²) in [5.41, 5.74) is 7.66. The van der Waals surface area contributed by atoms with E-state index in [2.05, 4.69) is 52.5 Å². The van der Waals surface area contributed by atoms with Crippen molar-refractivity contribution in [1.82, 2.24) is 4.98 Å². The number of ether oxygens (including phenoxy) is 2. The van der Waals surface area contributed by atoms with E-state index in [4.69, 9.17) is 9.47 Å². The molecule has 0 unspecified atom stereocenters. The topological polar surface area (TPSA) is 59.0 Å². The molecule has 0 spiro atoms. The second-order valence-electron chi connectivity index (χ2n) is 7.17. The minimum absolute atomic E-state index is 0.599. The average molecular weight is 395 g/mol. The molecule has 6 nitrogen and oxygen atoms in total. The Kier molecular flexibility index (Phi) is 7.64. The molecule has 1 aromatic heterocycles. The molecule has 6 heteroatoms. The van der Waals surface area contributed by atoms with E-state index < -0.39 is 0 Å². The zero-order valence-corrected chi connectivity index (χ0v) is 17.5. The summed E-state index contributed by atoms with van der Waals surface area (Å²) < 4.78 is 11.4. The van der Waals surface area contributed by atoms with E-state index in [0.717, 1.165) is 44.0 Å². The maximum absolute atomic E-state index is 5.93. The zero-order valence-electron chi connectivity index (χ0n) is 17.5. The third kappa shape index (κ3) is 6.61. The molecule has 0 atom stereocenters. The van der Waals surface area contributed by atoms with E-state index in [1.165, 1.54) is 11.1 Å². The lowest BCUT2D eigenvalue weighted by Crippen LogP contribution is -2.36. The normalized spacial score (nSPS) is 15.0. The van der Waals surface area contributed by atoms with Crippen LogP contribution in [0.25, 0.3) is 0 Å². The molecule has 1 aromatic carbocycles. The molecule has 1 saturated heterocycles. The minimum Gasteiger partial charge on any atom is -0.477 e. The first-order valence-corrected chi connectivity index (χ1v) is 10.1. The van der Waals surface area contributed by atoms with Crippen LogP contribution >= 0.6 is 0 Å². The number of hydrogen-bond acceptors (Lipinski definition) is 6. The third-order valence-corrected chi connectivity index (χ3v) is 4.84. The Morgan fingerprint density at radius 1 is 1.28 bits per heavy atom. The smallest absolute Gasteiger partial charge is 0.217 e. The van der Waals surface area contributed by atoms with Gasteiger partial charge < -0.3 is 14.4 Å². The summed E-state index contributed by atoms with van der Waals surface area (Å²) in [4.78, 5) is 6.86. The van der Waals surface area contributed by atoms with Crippen LogP contribution in [0.4, 0.5) is 11.5 Å². The van der Waals surface area contributed by atoms with Crippen molar-refractivity contribution in [2.45, 2.75) is 27.2 Å². The van der Waals surface area contributed by atoms with Crippen LogP contribution in [0.15, 0.2) is 53.1 Å². The molecule has 1 fully saturated rings. The molecule has 0 bridgehead atoms. The van der Waals surface area contributed by atoms with Gasteiger partial charge in [-0.25, -0.2) is 0 Å². The van der Waals surface area contributed by atoms with Gasteiger partial charge in [-0.1, -0.05) is 41.5 Å². The largest absolute Gasteiger partial charge is 0.477 e. The van der Waals surface area contributed by atoms with Gasteiger partial charge in [0.25, 0.3) is 0 Å². The molecule has 154 valence electrons. The SMILES string of the molecule is CC=C(C)CCOc1cc(N2CCOCC2)cc(NN=Cc2cccc(C)c2)n1. The maximum Gasteiger partial charge on any atom is 0.217 e. The van der Waals surface area contributed by atoms with Crippen molar-refractivity contribution in [1.29, 1.82) is 0 Å². The van der Waals surface area contributed by atoms with E-state index >= 15 is 0 Å². The van der Waals surface area contributed by atoms with Crippen molar-refractivity contribution in [3.05, 3.63) is 59.2 Å². The molecule has 2 heterocycles. The number of benzene rings is 1. The van der Waals surface area contributed by atoms with Gasteiger partial charge in [0.05, 0.1) is 26.0 Å². The van der Waals surface area contributed by atoms with Crippen molar-refractivity contribution in [2.75, 3.05) is 43.2 Å². The Hall–Kier alpha value is -2.86. The second kappa shape index (κ2) is 10.6. The van der Waals surface area contributed by atoms with Gasteiger partial charge in [-0.05, 0) is 26.3 Å². The summed E-state index contributed by atoms with van der Waals surface area (Å²) in [6.07, 6.45) is 4.79. The van der Waals surface area contributed by atoms with Gasteiger partial charge in [0, 0.05) is 37.3 Å². The van der Waals surface area contributed by atoms with Crippen molar-refractivity contribution < 1.29 is 9.47 Å². The Labute approximate surface area is 173 Å². The summed E-state index contributed by atoms with van der Waals surface area (Å²) in [5, 5.41) is 4.36. The number of morpholine rings is 1. The van der Waals surface area contributed by atoms with E-state index in [0.29, 0.717) is 18.3 Å². The van der Waals surface area contributed by atoms with Crippen LogP contribution in [0.3, 0.4) is 0 Å². The van der Waals surface area contributed by atoms with Crippen LogP contribution < -0.4 is 15.1 Å². The van der Waals surface area contributed by atoms with Crippen LogP contribution in [0.5, 0.6) is 5.88 Å². The standard InChI is InChI=1S/C23H30N4O2/c1-4-18(2)8-11-29-23-16-21(27-9-12-28-13-10-27)15-22(25-23)26-24-17-20-7-5-6-19(3)14-20/h4-7,14-17H,8-13H2,1-3H3,(H,25,26). The van der Waals surface area contributed by atoms with Gasteiger partial charge in [0.15, 0.2) is 5.82 Å². The number of aryl methyl sites for hydroxylation is 1. The first kappa shape index (κ1) is 20.9. The highest BCUT2D eigenvalue weighted by atomic mass is 16.5. The molecule has 29 heavy (non-hydrogen) atoms. The minimum atomic E-state index is 0.599. The van der Waals surface area contributed by atoms with E-state index in [-0.39, 0.29) is 0 Å². The lowest BCUT2D eigenvalue weighted by atomic mass is 10.2. The first-order valence-electron chi connectivity index (χ1n) is 10.1. The average Bonchev–Trinajstić information content (AvgIpc) is 2.74. The number of aromatic nitrogens is 1. The number of nitrogens with one attached hydrogen (secondary N) is 1. The number of anilines is 2. The van der Waals surface area contributed by atoms with Crippen LogP contribution in [0.2, 0.25) is 0 Å². The number of hydrogen-bond donors (Lipinski definition) is 1. The van der Waals surface area contributed by atoms with Crippen LogP contribution in [-0.2, 0) is 4.74 Å². The highest BCUT2D eigenvalue weighted by molar-refractivity contribution is 5.80. The molecule has 1 N–H and O–H groups in total. The van der Waals surface area contributed by atoms with Gasteiger partial charge in [0.2, 0.25) is 5.88 Å². The summed E-state index contributed by atoms with van der Waals surface area (Å²) in [7, 11) is 0. The molecule has 0 radical (unpaired) electrons. The molecule has 0 amide bonds. The first-order chi connectivity index (χ1) is 14.1. The molecular weight excluding hydrogens is 364 g/mol. The van der Waals surface area contributed by atoms with Gasteiger partial charge in [-0.2, -0.15) is 10.1 Å². The maximum atomic E-state index is 5.93. The predicted octanol–water partition coefficient (Wildman–Crippen LogP) is 4.41. The van der Waals surface area contributed by atoms with Crippen molar-refractivity contribution >= 4 is 17.7 Å². The van der Waals surface area contributed by atoms with E-state index in [1.54, 1.807) is 6.21 Å². The summed E-state index contributed by atoms with van der Waals surface area (Å²) >= 11 is 0. The van der Waals surface area contributed by atoms with Gasteiger partial charge in [0.1, 0.15) is 0 Å². The van der Waals surface area contributed by atoms with Crippen molar-refractivity contribution in [3.63, 3.8) is 0 Å². The fourth-order valence-corrected chi connectivity index (χ4v) is 3.01. The van der Waals surface area contributed by atoms with Crippen molar-refractivity contribution in [3.8, 4) is 5.88 Å². The number of pyridine rings is 1. The molecule has 0 saturated carbocycles. The number of nitrogens with zero attached hydrogens (tertiary/aromatic N) is 3.